The summed E-state index contributed by atoms with van der Waals surface area (Å²) < 4.78 is 3.95. The van der Waals surface area contributed by atoms with Gasteiger partial charge in [0.15, 0.2) is 22.9 Å². The molecule has 6 N–H and O–H groups in total. The number of amides is 2. The molecule has 15 nitrogen and oxygen atoms in total. The summed E-state index contributed by atoms with van der Waals surface area (Å²) in [7, 11) is 0. The Morgan fingerprint density at radius 2 is 0.952 bits per heavy atom. The third-order valence-corrected chi connectivity index (χ3v) is 11.3. The number of primary amides is 2. The van der Waals surface area contributed by atoms with E-state index in [1.54, 1.807) is 49.1 Å². The number of benzene rings is 3. The maximum atomic E-state index is 11.3. The lowest BCUT2D eigenvalue weighted by Crippen LogP contribution is -2.29. The molecule has 2 saturated heterocycles. The van der Waals surface area contributed by atoms with Crippen LogP contribution in [0, 0.1) is 0 Å². The normalized spacial score (nSPS) is 14.0. The number of nitrogens with zero attached hydrogens (tertiary/aromatic N) is 9. The second kappa shape index (κ2) is 17.8. The Balaban J connectivity index is 0.000000158. The summed E-state index contributed by atoms with van der Waals surface area (Å²) in [6.07, 6.45) is 20.3. The summed E-state index contributed by atoms with van der Waals surface area (Å²) >= 11 is 0. The SMILES string of the molecule is NC(=O)c1ccc(-c2cnc(Nc3ccc(N4CCCCC4)cc3)c3nccn23)cc1.NC(=O)c1ccc(-c2cnc(Nc3ccc(N4CCCCC4)nc3)c3nccn23)cc1. The van der Waals surface area contributed by atoms with Crippen molar-refractivity contribution in [3.8, 4) is 22.5 Å². The van der Waals surface area contributed by atoms with Gasteiger partial charge in [0.1, 0.15) is 5.82 Å². The first-order valence-corrected chi connectivity index (χ1v) is 20.9. The molecule has 2 aliphatic rings. The first kappa shape index (κ1) is 39.6. The van der Waals surface area contributed by atoms with Crippen LogP contribution in [-0.2, 0) is 0 Å². The number of aromatic nitrogens is 7. The summed E-state index contributed by atoms with van der Waals surface area (Å²) in [5.74, 6) is 1.46. The molecule has 3 aromatic carbocycles. The van der Waals surface area contributed by atoms with Crippen molar-refractivity contribution in [2.24, 2.45) is 11.5 Å². The van der Waals surface area contributed by atoms with Crippen LogP contribution in [0.3, 0.4) is 0 Å². The molecule has 312 valence electrons. The Labute approximate surface area is 358 Å². The second-order valence-electron chi connectivity index (χ2n) is 15.4. The molecule has 8 aromatic rings. The van der Waals surface area contributed by atoms with Gasteiger partial charge in [-0.1, -0.05) is 24.3 Å². The van der Waals surface area contributed by atoms with Crippen molar-refractivity contribution in [2.45, 2.75) is 38.5 Å². The average Bonchev–Trinajstić information content (AvgIpc) is 4.03. The van der Waals surface area contributed by atoms with Crippen LogP contribution in [0.5, 0.6) is 0 Å². The summed E-state index contributed by atoms with van der Waals surface area (Å²) in [4.78, 5) is 50.2. The number of hydrogen-bond donors (Lipinski definition) is 4. The smallest absolute Gasteiger partial charge is 0.248 e. The minimum atomic E-state index is -0.447. The number of imidazole rings is 2. The van der Waals surface area contributed by atoms with Crippen molar-refractivity contribution in [2.75, 3.05) is 46.6 Å². The van der Waals surface area contributed by atoms with Gasteiger partial charge in [-0.2, -0.15) is 0 Å². The highest BCUT2D eigenvalue weighted by Gasteiger charge is 2.16. The molecule has 0 saturated carbocycles. The Hall–Kier alpha value is -7.81. The van der Waals surface area contributed by atoms with Crippen LogP contribution in [0.1, 0.15) is 59.2 Å². The number of hydrogen-bond acceptors (Lipinski definition) is 11. The molecule has 62 heavy (non-hydrogen) atoms. The highest BCUT2D eigenvalue weighted by Crippen LogP contribution is 2.29. The van der Waals surface area contributed by atoms with Crippen molar-refractivity contribution in [3.63, 3.8) is 0 Å². The molecule has 5 aromatic heterocycles. The van der Waals surface area contributed by atoms with Gasteiger partial charge in [0, 0.05) is 84.6 Å². The quantitative estimate of drug-likeness (QED) is 0.105. The van der Waals surface area contributed by atoms with Gasteiger partial charge in [-0.3, -0.25) is 18.4 Å². The third-order valence-electron chi connectivity index (χ3n) is 11.3. The first-order chi connectivity index (χ1) is 30.4. The first-order valence-electron chi connectivity index (χ1n) is 20.9. The van der Waals surface area contributed by atoms with E-state index in [-0.39, 0.29) is 0 Å². The number of carbonyl (C=O) groups is 2. The maximum absolute atomic E-state index is 11.3. The molecule has 7 heterocycles. The standard InChI is InChI=1S/C24H24N6O.C23H23N7O/c25-22(31)18-6-4-17(5-7-18)21-16-27-23(24-26-12-15-30(21)24)28-19-8-10-20(11-9-19)29-13-2-1-3-14-29;24-21(31)17-6-4-16(5-7-17)19-15-27-22(23-25-10-13-30(19)23)28-18-8-9-20(26-14-18)29-11-2-1-3-12-29/h4-12,15-16H,1-3,13-14H2,(H2,25,31)(H,27,28);4-10,13-15H,1-3,11-12H2,(H2,24,31)(H,27,28). The summed E-state index contributed by atoms with van der Waals surface area (Å²) in [6.45, 7) is 4.39. The molecule has 0 atom stereocenters. The molecule has 2 amide bonds. The predicted molar refractivity (Wildman–Crippen MR) is 243 cm³/mol. The van der Waals surface area contributed by atoms with Gasteiger partial charge in [0.2, 0.25) is 11.8 Å². The minimum Gasteiger partial charge on any atom is -0.372 e. The topological polar surface area (TPSA) is 190 Å². The molecule has 15 heteroatoms. The largest absolute Gasteiger partial charge is 0.372 e. The lowest BCUT2D eigenvalue weighted by Gasteiger charge is -2.28. The number of rotatable bonds is 10. The van der Waals surface area contributed by atoms with Crippen LogP contribution < -0.4 is 31.9 Å². The highest BCUT2D eigenvalue weighted by molar-refractivity contribution is 5.94. The minimum absolute atomic E-state index is 0.441. The molecule has 0 unspecified atom stereocenters. The van der Waals surface area contributed by atoms with E-state index < -0.39 is 11.8 Å². The van der Waals surface area contributed by atoms with Gasteiger partial charge in [0.05, 0.1) is 35.7 Å². The van der Waals surface area contributed by atoms with E-state index in [9.17, 15) is 9.59 Å². The Morgan fingerprint density at radius 1 is 0.484 bits per heavy atom. The van der Waals surface area contributed by atoms with Crippen molar-refractivity contribution in [1.82, 2.24) is 33.7 Å². The lowest BCUT2D eigenvalue weighted by molar-refractivity contribution is 0.0992. The fourth-order valence-electron chi connectivity index (χ4n) is 8.00. The molecular weight excluding hydrogens is 779 g/mol. The fraction of sp³-hybridized carbons (Fsp3) is 0.213. The number of fused-ring (bicyclic) bond motifs is 2. The van der Waals surface area contributed by atoms with Crippen LogP contribution in [0.2, 0.25) is 0 Å². The fourth-order valence-corrected chi connectivity index (χ4v) is 8.00. The van der Waals surface area contributed by atoms with Crippen LogP contribution in [0.25, 0.3) is 33.8 Å². The zero-order chi connectivity index (χ0) is 42.4. The summed E-state index contributed by atoms with van der Waals surface area (Å²) in [6, 6.07) is 26.8. The Morgan fingerprint density at radius 3 is 1.42 bits per heavy atom. The highest BCUT2D eigenvalue weighted by atomic mass is 16.1. The molecule has 0 aliphatic carbocycles. The van der Waals surface area contributed by atoms with E-state index in [0.717, 1.165) is 71.5 Å². The van der Waals surface area contributed by atoms with E-state index in [1.807, 2.05) is 63.8 Å². The van der Waals surface area contributed by atoms with E-state index in [4.69, 9.17) is 11.5 Å². The van der Waals surface area contributed by atoms with E-state index in [0.29, 0.717) is 28.4 Å². The molecular formula is C47H47N13O2. The number of piperidine rings is 2. The molecule has 0 spiro atoms. The molecule has 2 fully saturated rings. The molecule has 0 bridgehead atoms. The molecule has 0 radical (unpaired) electrons. The van der Waals surface area contributed by atoms with Crippen LogP contribution in [0.15, 0.2) is 128 Å². The van der Waals surface area contributed by atoms with Gasteiger partial charge >= 0.3 is 0 Å². The number of anilines is 6. The van der Waals surface area contributed by atoms with E-state index in [1.165, 1.54) is 44.2 Å². The molecule has 2 aliphatic heterocycles. The summed E-state index contributed by atoms with van der Waals surface area (Å²) in [5, 5.41) is 6.72. The maximum Gasteiger partial charge on any atom is 0.248 e. The Bertz CT molecular complexity index is 2610. The zero-order valence-electron chi connectivity index (χ0n) is 34.2. The number of carbonyl (C=O) groups excluding carboxylic acids is 2. The number of nitrogens with two attached hydrogens (primary N) is 2. The molecule has 10 rings (SSSR count). The predicted octanol–water partition coefficient (Wildman–Crippen LogP) is 7.85. The van der Waals surface area contributed by atoms with Crippen LogP contribution in [-0.4, -0.2) is 71.7 Å². The third kappa shape index (κ3) is 8.59. The van der Waals surface area contributed by atoms with Crippen molar-refractivity contribution >= 4 is 57.6 Å². The van der Waals surface area contributed by atoms with Gasteiger partial charge in [-0.15, -0.1) is 0 Å². The van der Waals surface area contributed by atoms with Gasteiger partial charge in [-0.05, 0) is 99.2 Å². The monoisotopic (exact) mass is 825 g/mol. The zero-order valence-corrected chi connectivity index (χ0v) is 34.2. The van der Waals surface area contributed by atoms with Crippen molar-refractivity contribution < 1.29 is 9.59 Å². The second-order valence-corrected chi connectivity index (χ2v) is 15.4. The van der Waals surface area contributed by atoms with Crippen LogP contribution >= 0.6 is 0 Å². The number of pyridine rings is 1. The van der Waals surface area contributed by atoms with Crippen LogP contribution in [0.4, 0.5) is 34.5 Å². The lowest BCUT2D eigenvalue weighted by atomic mass is 10.1. The van der Waals surface area contributed by atoms with E-state index in [2.05, 4.69) is 69.6 Å². The van der Waals surface area contributed by atoms with Gasteiger partial charge in [0.25, 0.3) is 0 Å². The average molecular weight is 826 g/mol. The summed E-state index contributed by atoms with van der Waals surface area (Å²) in [5.41, 5.74) is 19.8. The Kier molecular flexibility index (Phi) is 11.4. The number of nitrogens with one attached hydrogen (secondary N) is 2. The van der Waals surface area contributed by atoms with Crippen molar-refractivity contribution in [3.05, 3.63) is 139 Å². The van der Waals surface area contributed by atoms with Gasteiger partial charge in [-0.25, -0.2) is 24.9 Å². The van der Waals surface area contributed by atoms with Gasteiger partial charge < -0.3 is 31.9 Å². The van der Waals surface area contributed by atoms with E-state index >= 15 is 0 Å². The van der Waals surface area contributed by atoms with Crippen molar-refractivity contribution in [1.29, 1.82) is 0 Å².